The summed E-state index contributed by atoms with van der Waals surface area (Å²) in [7, 11) is 3.88. The van der Waals surface area contributed by atoms with Gasteiger partial charge >= 0.3 is 0 Å². The van der Waals surface area contributed by atoms with E-state index in [9.17, 15) is 0 Å². The summed E-state index contributed by atoms with van der Waals surface area (Å²) in [4.78, 5) is 2.39. The first-order valence-electron chi connectivity index (χ1n) is 7.84. The number of piperidine rings is 1. The topological polar surface area (TPSA) is 33.7 Å². The van der Waals surface area contributed by atoms with Crippen LogP contribution in [-0.4, -0.2) is 44.3 Å². The van der Waals surface area contributed by atoms with Crippen LogP contribution in [0.15, 0.2) is 18.2 Å². The summed E-state index contributed by atoms with van der Waals surface area (Å²) in [5, 5.41) is 3.65. The smallest absolute Gasteiger partial charge is 0.161 e. The van der Waals surface area contributed by atoms with Crippen molar-refractivity contribution in [3.05, 3.63) is 23.8 Å². The SMILES string of the molecule is COc1cc(CNC2CCN(C)CC2)ccc1OC(C)C. The Kier molecular flexibility index (Phi) is 5.88. The van der Waals surface area contributed by atoms with E-state index in [0.717, 1.165) is 18.0 Å². The van der Waals surface area contributed by atoms with Crippen molar-refractivity contribution in [3.63, 3.8) is 0 Å². The normalized spacial score (nSPS) is 17.2. The van der Waals surface area contributed by atoms with Crippen molar-refractivity contribution in [1.82, 2.24) is 10.2 Å². The van der Waals surface area contributed by atoms with Gasteiger partial charge in [0.1, 0.15) is 0 Å². The molecule has 0 radical (unpaired) electrons. The molecule has 4 nitrogen and oxygen atoms in total. The van der Waals surface area contributed by atoms with Crippen LogP contribution in [-0.2, 0) is 6.54 Å². The highest BCUT2D eigenvalue weighted by molar-refractivity contribution is 5.43. The molecule has 0 atom stereocenters. The first-order chi connectivity index (χ1) is 10.1. The maximum Gasteiger partial charge on any atom is 0.161 e. The molecular weight excluding hydrogens is 264 g/mol. The molecule has 1 N–H and O–H groups in total. The van der Waals surface area contributed by atoms with Crippen LogP contribution in [0, 0.1) is 0 Å². The standard InChI is InChI=1S/C17H28N2O2/c1-13(2)21-16-6-5-14(11-17(16)20-4)12-18-15-7-9-19(3)10-8-15/h5-6,11,13,15,18H,7-10,12H2,1-4H3. The highest BCUT2D eigenvalue weighted by Crippen LogP contribution is 2.29. The van der Waals surface area contributed by atoms with Crippen LogP contribution in [0.25, 0.3) is 0 Å². The van der Waals surface area contributed by atoms with Crippen LogP contribution in [0.1, 0.15) is 32.3 Å². The molecule has 1 saturated heterocycles. The van der Waals surface area contributed by atoms with Gasteiger partial charge in [0.05, 0.1) is 13.2 Å². The molecule has 2 rings (SSSR count). The number of nitrogens with zero attached hydrogens (tertiary/aromatic N) is 1. The molecule has 0 unspecified atom stereocenters. The Bertz CT molecular complexity index is 440. The molecule has 21 heavy (non-hydrogen) atoms. The summed E-state index contributed by atoms with van der Waals surface area (Å²) in [6.07, 6.45) is 2.60. The predicted molar refractivity (Wildman–Crippen MR) is 86.1 cm³/mol. The van der Waals surface area contributed by atoms with Gasteiger partial charge in [-0.2, -0.15) is 0 Å². The second-order valence-corrected chi connectivity index (χ2v) is 6.11. The van der Waals surface area contributed by atoms with Gasteiger partial charge in [0.2, 0.25) is 0 Å². The monoisotopic (exact) mass is 292 g/mol. The second-order valence-electron chi connectivity index (χ2n) is 6.11. The lowest BCUT2D eigenvalue weighted by Gasteiger charge is -2.29. The Balaban J connectivity index is 1.91. The molecule has 1 aliphatic heterocycles. The fraction of sp³-hybridized carbons (Fsp3) is 0.647. The summed E-state index contributed by atoms with van der Waals surface area (Å²) < 4.78 is 11.2. The van der Waals surface area contributed by atoms with Crippen molar-refractivity contribution in [2.45, 2.75) is 45.4 Å². The molecule has 0 amide bonds. The fourth-order valence-electron chi connectivity index (χ4n) is 2.65. The molecule has 1 aromatic carbocycles. The average molecular weight is 292 g/mol. The Hall–Kier alpha value is -1.26. The third kappa shape index (κ3) is 4.90. The van der Waals surface area contributed by atoms with Crippen molar-refractivity contribution >= 4 is 0 Å². The van der Waals surface area contributed by atoms with Gasteiger partial charge in [0, 0.05) is 12.6 Å². The number of nitrogens with one attached hydrogen (secondary N) is 1. The van der Waals surface area contributed by atoms with Crippen LogP contribution < -0.4 is 14.8 Å². The van der Waals surface area contributed by atoms with E-state index in [0.29, 0.717) is 6.04 Å². The van der Waals surface area contributed by atoms with Crippen molar-refractivity contribution in [2.24, 2.45) is 0 Å². The number of rotatable bonds is 6. The minimum Gasteiger partial charge on any atom is -0.493 e. The number of likely N-dealkylation sites (tertiary alicyclic amines) is 1. The molecule has 0 spiro atoms. The van der Waals surface area contributed by atoms with E-state index in [-0.39, 0.29) is 6.10 Å². The highest BCUT2D eigenvalue weighted by atomic mass is 16.5. The molecule has 0 aromatic heterocycles. The molecule has 1 fully saturated rings. The maximum atomic E-state index is 5.75. The van der Waals surface area contributed by atoms with E-state index >= 15 is 0 Å². The van der Waals surface area contributed by atoms with Crippen LogP contribution in [0.4, 0.5) is 0 Å². The van der Waals surface area contributed by atoms with E-state index in [1.165, 1.54) is 31.5 Å². The van der Waals surface area contributed by atoms with Crippen molar-refractivity contribution in [2.75, 3.05) is 27.2 Å². The summed E-state index contributed by atoms with van der Waals surface area (Å²) in [5.74, 6) is 1.63. The number of benzene rings is 1. The third-order valence-corrected chi connectivity index (χ3v) is 3.90. The van der Waals surface area contributed by atoms with Gasteiger partial charge in [-0.15, -0.1) is 0 Å². The highest BCUT2D eigenvalue weighted by Gasteiger charge is 2.16. The van der Waals surface area contributed by atoms with E-state index < -0.39 is 0 Å². The largest absolute Gasteiger partial charge is 0.493 e. The van der Waals surface area contributed by atoms with Gasteiger partial charge in [0.25, 0.3) is 0 Å². The average Bonchev–Trinajstić information content (AvgIpc) is 2.47. The number of ether oxygens (including phenoxy) is 2. The zero-order valence-electron chi connectivity index (χ0n) is 13.7. The summed E-state index contributed by atoms with van der Waals surface area (Å²) in [6, 6.07) is 6.81. The molecule has 118 valence electrons. The minimum absolute atomic E-state index is 0.155. The van der Waals surface area contributed by atoms with E-state index in [1.807, 2.05) is 19.9 Å². The zero-order valence-corrected chi connectivity index (χ0v) is 13.7. The lowest BCUT2D eigenvalue weighted by molar-refractivity contribution is 0.229. The van der Waals surface area contributed by atoms with Crippen LogP contribution in [0.2, 0.25) is 0 Å². The second kappa shape index (κ2) is 7.66. The van der Waals surface area contributed by atoms with Crippen LogP contribution in [0.3, 0.4) is 0 Å². The third-order valence-electron chi connectivity index (χ3n) is 3.90. The molecule has 0 aliphatic carbocycles. The van der Waals surface area contributed by atoms with Gasteiger partial charge in [-0.25, -0.2) is 0 Å². The van der Waals surface area contributed by atoms with Crippen LogP contribution >= 0.6 is 0 Å². The van der Waals surface area contributed by atoms with Crippen molar-refractivity contribution in [1.29, 1.82) is 0 Å². The Labute approximate surface area is 128 Å². The van der Waals surface area contributed by atoms with Crippen molar-refractivity contribution < 1.29 is 9.47 Å². The Morgan fingerprint density at radius 2 is 1.95 bits per heavy atom. The van der Waals surface area contributed by atoms with Gasteiger partial charge in [-0.3, -0.25) is 0 Å². The number of hydrogen-bond acceptors (Lipinski definition) is 4. The Morgan fingerprint density at radius 3 is 2.57 bits per heavy atom. The molecule has 0 saturated carbocycles. The van der Waals surface area contributed by atoms with Crippen molar-refractivity contribution in [3.8, 4) is 11.5 Å². The summed E-state index contributed by atoms with van der Waals surface area (Å²) in [5.41, 5.74) is 1.24. The van der Waals surface area contributed by atoms with E-state index in [4.69, 9.17) is 9.47 Å². The summed E-state index contributed by atoms with van der Waals surface area (Å²) >= 11 is 0. The first-order valence-corrected chi connectivity index (χ1v) is 7.84. The van der Waals surface area contributed by atoms with Crippen LogP contribution in [0.5, 0.6) is 11.5 Å². The Morgan fingerprint density at radius 1 is 1.24 bits per heavy atom. The molecule has 0 bridgehead atoms. The zero-order chi connectivity index (χ0) is 15.2. The molecule has 1 aliphatic rings. The van der Waals surface area contributed by atoms with Gasteiger partial charge in [-0.05, 0) is 64.5 Å². The van der Waals surface area contributed by atoms with Gasteiger partial charge in [0.15, 0.2) is 11.5 Å². The lowest BCUT2D eigenvalue weighted by Crippen LogP contribution is -2.40. The summed E-state index contributed by atoms with van der Waals surface area (Å²) in [6.45, 7) is 7.29. The van der Waals surface area contributed by atoms with Gasteiger partial charge < -0.3 is 19.7 Å². The fourth-order valence-corrected chi connectivity index (χ4v) is 2.65. The number of methoxy groups -OCH3 is 1. The molecular formula is C17H28N2O2. The number of hydrogen-bond donors (Lipinski definition) is 1. The van der Waals surface area contributed by atoms with E-state index in [2.05, 4.69) is 29.4 Å². The first kappa shape index (κ1) is 16.1. The maximum absolute atomic E-state index is 5.75. The quantitative estimate of drug-likeness (QED) is 0.874. The lowest BCUT2D eigenvalue weighted by atomic mass is 10.1. The molecule has 1 heterocycles. The molecule has 1 aromatic rings. The minimum atomic E-state index is 0.155. The van der Waals surface area contributed by atoms with Gasteiger partial charge in [-0.1, -0.05) is 6.07 Å². The predicted octanol–water partition coefficient (Wildman–Crippen LogP) is 2.67. The van der Waals surface area contributed by atoms with E-state index in [1.54, 1.807) is 7.11 Å². The molecule has 4 heteroatoms.